The molecule has 0 heterocycles. The molecular formula is C18H21ClN2O4S. The molecule has 8 heteroatoms. The molecule has 0 aliphatic heterocycles. The molecule has 0 saturated carbocycles. The number of nitrogens with zero attached hydrogens (tertiary/aromatic N) is 1. The number of rotatable bonds is 8. The smallest absolute Gasteiger partial charge is 0.251 e. The zero-order valence-electron chi connectivity index (χ0n) is 14.6. The Bertz CT molecular complexity index is 836. The first-order valence-electron chi connectivity index (χ1n) is 8.06. The highest BCUT2D eigenvalue weighted by Crippen LogP contribution is 2.17. The molecule has 0 aliphatic carbocycles. The Balaban J connectivity index is 1.85. The Kier molecular flexibility index (Phi) is 6.88. The van der Waals surface area contributed by atoms with Crippen LogP contribution in [0.25, 0.3) is 0 Å². The topological polar surface area (TPSA) is 75.7 Å². The number of carbonyl (C=O) groups excluding carboxylic acids is 1. The second-order valence-electron chi connectivity index (χ2n) is 5.47. The number of amides is 1. The fourth-order valence-corrected chi connectivity index (χ4v) is 3.10. The van der Waals surface area contributed by atoms with Gasteiger partial charge in [-0.3, -0.25) is 9.10 Å². The van der Waals surface area contributed by atoms with Crippen molar-refractivity contribution in [3.05, 3.63) is 59.1 Å². The predicted octanol–water partition coefficient (Wildman–Crippen LogP) is 2.93. The summed E-state index contributed by atoms with van der Waals surface area (Å²) in [6.07, 6.45) is 0. The van der Waals surface area contributed by atoms with Crippen molar-refractivity contribution in [2.45, 2.75) is 6.92 Å². The zero-order valence-corrected chi connectivity index (χ0v) is 16.2. The van der Waals surface area contributed by atoms with E-state index in [0.29, 0.717) is 35.2 Å². The van der Waals surface area contributed by atoms with Crippen molar-refractivity contribution in [2.24, 2.45) is 0 Å². The number of nitrogens with one attached hydrogen (secondary N) is 1. The number of hydrogen-bond donors (Lipinski definition) is 1. The minimum atomic E-state index is -3.32. The molecule has 1 N–H and O–H groups in total. The third-order valence-corrected chi connectivity index (χ3v) is 5.77. The van der Waals surface area contributed by atoms with Gasteiger partial charge >= 0.3 is 0 Å². The van der Waals surface area contributed by atoms with Crippen molar-refractivity contribution >= 4 is 33.2 Å². The predicted molar refractivity (Wildman–Crippen MR) is 104 cm³/mol. The van der Waals surface area contributed by atoms with Crippen LogP contribution in [0.5, 0.6) is 5.75 Å². The van der Waals surface area contributed by atoms with Crippen LogP contribution in [0.3, 0.4) is 0 Å². The standard InChI is InChI=1S/C18H21ClN2O4S/c1-3-26(23,24)21(2)16-8-4-14(5-9-16)18(22)20-12-13-25-17-10-6-15(19)7-11-17/h4-11H,3,12-13H2,1-2H3,(H,20,22). The molecule has 2 aromatic rings. The molecule has 2 rings (SSSR count). The normalized spacial score (nSPS) is 11.0. The Morgan fingerprint density at radius 1 is 1.12 bits per heavy atom. The first-order chi connectivity index (χ1) is 12.3. The second-order valence-corrected chi connectivity index (χ2v) is 8.20. The third-order valence-electron chi connectivity index (χ3n) is 3.75. The van der Waals surface area contributed by atoms with Crippen molar-refractivity contribution in [3.8, 4) is 5.75 Å². The molecule has 140 valence electrons. The second kappa shape index (κ2) is 8.91. The largest absolute Gasteiger partial charge is 0.492 e. The van der Waals surface area contributed by atoms with E-state index in [2.05, 4.69) is 5.32 Å². The van der Waals surface area contributed by atoms with E-state index in [1.54, 1.807) is 55.5 Å². The van der Waals surface area contributed by atoms with E-state index in [0.717, 1.165) is 0 Å². The summed E-state index contributed by atoms with van der Waals surface area (Å²) in [5.74, 6) is 0.435. The van der Waals surface area contributed by atoms with Gasteiger partial charge in [0.2, 0.25) is 10.0 Å². The average molecular weight is 397 g/mol. The van der Waals surface area contributed by atoms with E-state index in [-0.39, 0.29) is 11.7 Å². The van der Waals surface area contributed by atoms with Crippen LogP contribution in [0.4, 0.5) is 5.69 Å². The summed E-state index contributed by atoms with van der Waals surface area (Å²) in [5.41, 5.74) is 0.956. The SMILES string of the molecule is CCS(=O)(=O)N(C)c1ccc(C(=O)NCCOc2ccc(Cl)cc2)cc1. The maximum absolute atomic E-state index is 12.1. The van der Waals surface area contributed by atoms with Crippen LogP contribution in [-0.2, 0) is 10.0 Å². The summed E-state index contributed by atoms with van der Waals surface area (Å²) in [7, 11) is -1.83. The number of carbonyl (C=O) groups is 1. The lowest BCUT2D eigenvalue weighted by Gasteiger charge is -2.18. The Hall–Kier alpha value is -2.25. The van der Waals surface area contributed by atoms with Crippen molar-refractivity contribution in [1.29, 1.82) is 0 Å². The fraction of sp³-hybridized carbons (Fsp3) is 0.278. The van der Waals surface area contributed by atoms with Gasteiger partial charge in [0.1, 0.15) is 12.4 Å². The fourth-order valence-electron chi connectivity index (χ4n) is 2.14. The Morgan fingerprint density at radius 2 is 1.73 bits per heavy atom. The summed E-state index contributed by atoms with van der Waals surface area (Å²) in [6, 6.07) is 13.4. The number of hydrogen-bond acceptors (Lipinski definition) is 4. The molecule has 1 amide bonds. The number of ether oxygens (including phenoxy) is 1. The van der Waals surface area contributed by atoms with E-state index < -0.39 is 10.0 Å². The molecule has 0 saturated heterocycles. The van der Waals surface area contributed by atoms with Gasteiger partial charge in [-0.2, -0.15) is 0 Å². The summed E-state index contributed by atoms with van der Waals surface area (Å²) in [5, 5.41) is 3.38. The van der Waals surface area contributed by atoms with Gasteiger partial charge in [0.15, 0.2) is 0 Å². The lowest BCUT2D eigenvalue weighted by Crippen LogP contribution is -2.29. The minimum absolute atomic E-state index is 0.0133. The molecule has 0 fully saturated rings. The molecule has 0 bridgehead atoms. The molecule has 0 radical (unpaired) electrons. The third kappa shape index (κ3) is 5.37. The molecule has 0 atom stereocenters. The molecule has 2 aromatic carbocycles. The van der Waals surface area contributed by atoms with E-state index in [1.807, 2.05) is 0 Å². The van der Waals surface area contributed by atoms with Crippen LogP contribution in [-0.4, -0.2) is 40.3 Å². The van der Waals surface area contributed by atoms with Gasteiger partial charge in [-0.1, -0.05) is 11.6 Å². The quantitative estimate of drug-likeness (QED) is 0.696. The van der Waals surface area contributed by atoms with Crippen LogP contribution < -0.4 is 14.4 Å². The number of sulfonamides is 1. The van der Waals surface area contributed by atoms with Gasteiger partial charge in [-0.05, 0) is 55.5 Å². The zero-order chi connectivity index (χ0) is 19.2. The first kappa shape index (κ1) is 20.1. The maximum atomic E-state index is 12.1. The molecule has 0 spiro atoms. The van der Waals surface area contributed by atoms with Crippen molar-refractivity contribution in [3.63, 3.8) is 0 Å². The van der Waals surface area contributed by atoms with E-state index >= 15 is 0 Å². The molecule has 0 aromatic heterocycles. The van der Waals surface area contributed by atoms with E-state index in [4.69, 9.17) is 16.3 Å². The molecule has 0 aliphatic rings. The summed E-state index contributed by atoms with van der Waals surface area (Å²) >= 11 is 5.80. The van der Waals surface area contributed by atoms with Gasteiger partial charge in [-0.25, -0.2) is 8.42 Å². The highest BCUT2D eigenvalue weighted by molar-refractivity contribution is 7.92. The Morgan fingerprint density at radius 3 is 2.31 bits per heavy atom. The summed E-state index contributed by atoms with van der Waals surface area (Å²) in [4.78, 5) is 12.1. The molecule has 0 unspecified atom stereocenters. The lowest BCUT2D eigenvalue weighted by atomic mass is 10.2. The molecule has 6 nitrogen and oxygen atoms in total. The number of benzene rings is 2. The minimum Gasteiger partial charge on any atom is -0.492 e. The first-order valence-corrected chi connectivity index (χ1v) is 10.1. The summed E-state index contributed by atoms with van der Waals surface area (Å²) < 4.78 is 30.4. The van der Waals surface area contributed by atoms with Gasteiger partial charge in [-0.15, -0.1) is 0 Å². The molecule has 26 heavy (non-hydrogen) atoms. The highest BCUT2D eigenvalue weighted by Gasteiger charge is 2.16. The lowest BCUT2D eigenvalue weighted by molar-refractivity contribution is 0.0947. The average Bonchev–Trinajstić information content (AvgIpc) is 2.66. The van der Waals surface area contributed by atoms with E-state index in [9.17, 15) is 13.2 Å². The Labute approximate surface area is 158 Å². The monoisotopic (exact) mass is 396 g/mol. The number of halogens is 1. The maximum Gasteiger partial charge on any atom is 0.251 e. The van der Waals surface area contributed by atoms with Crippen LogP contribution in [0.15, 0.2) is 48.5 Å². The van der Waals surface area contributed by atoms with Gasteiger partial charge in [0.25, 0.3) is 5.91 Å². The van der Waals surface area contributed by atoms with Crippen LogP contribution >= 0.6 is 11.6 Å². The van der Waals surface area contributed by atoms with Gasteiger partial charge < -0.3 is 10.1 Å². The van der Waals surface area contributed by atoms with Gasteiger partial charge in [0.05, 0.1) is 18.0 Å². The summed E-state index contributed by atoms with van der Waals surface area (Å²) in [6.45, 7) is 2.25. The van der Waals surface area contributed by atoms with Crippen LogP contribution in [0.1, 0.15) is 17.3 Å². The van der Waals surface area contributed by atoms with E-state index in [1.165, 1.54) is 11.4 Å². The van der Waals surface area contributed by atoms with Gasteiger partial charge in [0, 0.05) is 17.6 Å². The van der Waals surface area contributed by atoms with Crippen LogP contribution in [0.2, 0.25) is 5.02 Å². The molecular weight excluding hydrogens is 376 g/mol. The highest BCUT2D eigenvalue weighted by atomic mass is 35.5. The van der Waals surface area contributed by atoms with Crippen molar-refractivity contribution < 1.29 is 17.9 Å². The van der Waals surface area contributed by atoms with Crippen LogP contribution in [0, 0.1) is 0 Å². The number of anilines is 1. The van der Waals surface area contributed by atoms with Crippen molar-refractivity contribution in [2.75, 3.05) is 30.3 Å². The van der Waals surface area contributed by atoms with Crippen molar-refractivity contribution in [1.82, 2.24) is 5.32 Å².